The Morgan fingerprint density at radius 1 is 1.23 bits per heavy atom. The molecular formula is C15H16FN5O. The minimum Gasteiger partial charge on any atom is -0.354 e. The minimum absolute atomic E-state index is 0.0533. The Morgan fingerprint density at radius 2 is 2.05 bits per heavy atom. The van der Waals surface area contributed by atoms with Crippen molar-refractivity contribution in [2.45, 2.75) is 18.9 Å². The molecule has 0 atom stereocenters. The van der Waals surface area contributed by atoms with Crippen molar-refractivity contribution in [1.29, 1.82) is 0 Å². The van der Waals surface area contributed by atoms with Gasteiger partial charge in [0.15, 0.2) is 11.6 Å². The summed E-state index contributed by atoms with van der Waals surface area (Å²) in [5.41, 5.74) is 0.306. The van der Waals surface area contributed by atoms with E-state index in [4.69, 9.17) is 0 Å². The Morgan fingerprint density at radius 3 is 2.73 bits per heavy atom. The molecule has 3 heterocycles. The largest absolute Gasteiger partial charge is 0.354 e. The number of amides is 1. The molecule has 0 saturated carbocycles. The van der Waals surface area contributed by atoms with Crippen molar-refractivity contribution in [3.63, 3.8) is 0 Å². The number of anilines is 1. The topological polar surface area (TPSA) is 71.0 Å². The molecule has 1 amide bonds. The minimum atomic E-state index is -0.315. The second kappa shape index (κ2) is 6.46. The first kappa shape index (κ1) is 14.4. The molecule has 1 saturated heterocycles. The molecule has 0 radical (unpaired) electrons. The fourth-order valence-electron chi connectivity index (χ4n) is 2.52. The van der Waals surface area contributed by atoms with E-state index in [-0.39, 0.29) is 17.8 Å². The van der Waals surface area contributed by atoms with Gasteiger partial charge >= 0.3 is 0 Å². The monoisotopic (exact) mass is 301 g/mol. The summed E-state index contributed by atoms with van der Waals surface area (Å²) in [7, 11) is 0. The maximum absolute atomic E-state index is 13.7. The standard InChI is InChI=1S/C15H16FN5O/c16-12-2-1-5-19-14(12)21-8-3-11(4-9-21)20-15(22)13-10-17-6-7-18-13/h1-2,5-7,10-11H,3-4,8-9H2,(H,20,22). The van der Waals surface area contributed by atoms with Gasteiger partial charge in [-0.15, -0.1) is 0 Å². The summed E-state index contributed by atoms with van der Waals surface area (Å²) in [6.45, 7) is 1.30. The van der Waals surface area contributed by atoms with Gasteiger partial charge in [0.05, 0.1) is 6.20 Å². The molecule has 114 valence electrons. The van der Waals surface area contributed by atoms with Crippen LogP contribution in [0.3, 0.4) is 0 Å². The summed E-state index contributed by atoms with van der Waals surface area (Å²) in [5, 5.41) is 2.94. The second-order valence-corrected chi connectivity index (χ2v) is 5.13. The third kappa shape index (κ3) is 3.19. The number of aromatic nitrogens is 3. The highest BCUT2D eigenvalue weighted by atomic mass is 19.1. The van der Waals surface area contributed by atoms with E-state index >= 15 is 0 Å². The molecule has 0 aromatic carbocycles. The first-order valence-electron chi connectivity index (χ1n) is 7.16. The average molecular weight is 301 g/mol. The molecule has 0 spiro atoms. The van der Waals surface area contributed by atoms with Crippen LogP contribution in [-0.2, 0) is 0 Å². The van der Waals surface area contributed by atoms with Gasteiger partial charge in [-0.1, -0.05) is 0 Å². The van der Waals surface area contributed by atoms with Crippen LogP contribution in [0.25, 0.3) is 0 Å². The number of carbonyl (C=O) groups excluding carboxylic acids is 1. The highest BCUT2D eigenvalue weighted by Crippen LogP contribution is 2.20. The van der Waals surface area contributed by atoms with Gasteiger partial charge in [-0.2, -0.15) is 0 Å². The molecule has 2 aromatic heterocycles. The molecule has 2 aromatic rings. The number of rotatable bonds is 3. The Balaban J connectivity index is 1.56. The fraction of sp³-hybridized carbons (Fsp3) is 0.333. The smallest absolute Gasteiger partial charge is 0.271 e. The molecule has 7 heteroatoms. The van der Waals surface area contributed by atoms with Gasteiger partial charge in [-0.3, -0.25) is 9.78 Å². The van der Waals surface area contributed by atoms with E-state index in [1.165, 1.54) is 24.7 Å². The summed E-state index contributed by atoms with van der Waals surface area (Å²) in [4.78, 5) is 25.9. The molecule has 0 unspecified atom stereocenters. The quantitative estimate of drug-likeness (QED) is 0.928. The van der Waals surface area contributed by atoms with Gasteiger partial charge in [0.25, 0.3) is 5.91 Å². The maximum Gasteiger partial charge on any atom is 0.271 e. The van der Waals surface area contributed by atoms with Gasteiger partial charge in [0, 0.05) is 37.7 Å². The number of halogens is 1. The zero-order valence-corrected chi connectivity index (χ0v) is 11.9. The van der Waals surface area contributed by atoms with Crippen molar-refractivity contribution in [2.24, 2.45) is 0 Å². The lowest BCUT2D eigenvalue weighted by Crippen LogP contribution is -2.45. The average Bonchev–Trinajstić information content (AvgIpc) is 2.57. The predicted molar refractivity (Wildman–Crippen MR) is 78.9 cm³/mol. The van der Waals surface area contributed by atoms with E-state index in [0.29, 0.717) is 24.6 Å². The van der Waals surface area contributed by atoms with E-state index in [1.807, 2.05) is 4.90 Å². The molecule has 22 heavy (non-hydrogen) atoms. The van der Waals surface area contributed by atoms with Gasteiger partial charge in [-0.25, -0.2) is 14.4 Å². The van der Waals surface area contributed by atoms with Crippen LogP contribution in [0.4, 0.5) is 10.2 Å². The van der Waals surface area contributed by atoms with Crippen LogP contribution in [0.2, 0.25) is 0 Å². The van der Waals surface area contributed by atoms with Crippen molar-refractivity contribution in [3.05, 3.63) is 48.4 Å². The molecule has 1 aliphatic rings. The van der Waals surface area contributed by atoms with Crippen molar-refractivity contribution < 1.29 is 9.18 Å². The molecule has 1 aliphatic heterocycles. The lowest BCUT2D eigenvalue weighted by molar-refractivity contribution is 0.0925. The van der Waals surface area contributed by atoms with Gasteiger partial charge in [-0.05, 0) is 25.0 Å². The van der Waals surface area contributed by atoms with Crippen LogP contribution in [0.15, 0.2) is 36.9 Å². The SMILES string of the molecule is O=C(NC1CCN(c2ncccc2F)CC1)c1cnccn1. The van der Waals surface area contributed by atoms with Gasteiger partial charge < -0.3 is 10.2 Å². The van der Waals surface area contributed by atoms with E-state index in [1.54, 1.807) is 12.3 Å². The highest BCUT2D eigenvalue weighted by Gasteiger charge is 2.23. The Hall–Kier alpha value is -2.57. The first-order chi connectivity index (χ1) is 10.7. The number of piperidine rings is 1. The van der Waals surface area contributed by atoms with E-state index in [9.17, 15) is 9.18 Å². The van der Waals surface area contributed by atoms with Crippen LogP contribution in [-0.4, -0.2) is 40.0 Å². The van der Waals surface area contributed by atoms with Crippen LogP contribution in [0.5, 0.6) is 0 Å². The predicted octanol–water partition coefficient (Wildman–Crippen LogP) is 1.41. The molecule has 1 fully saturated rings. The summed E-state index contributed by atoms with van der Waals surface area (Å²) in [5.74, 6) is -0.165. The van der Waals surface area contributed by atoms with E-state index < -0.39 is 0 Å². The van der Waals surface area contributed by atoms with Crippen LogP contribution in [0, 0.1) is 5.82 Å². The van der Waals surface area contributed by atoms with Crippen molar-refractivity contribution in [2.75, 3.05) is 18.0 Å². The van der Waals surface area contributed by atoms with Gasteiger partial charge in [0.2, 0.25) is 0 Å². The van der Waals surface area contributed by atoms with Crippen molar-refractivity contribution in [3.8, 4) is 0 Å². The number of nitrogens with zero attached hydrogens (tertiary/aromatic N) is 4. The summed E-state index contributed by atoms with van der Waals surface area (Å²) < 4.78 is 13.7. The zero-order valence-electron chi connectivity index (χ0n) is 11.9. The highest BCUT2D eigenvalue weighted by molar-refractivity contribution is 5.92. The Kier molecular flexibility index (Phi) is 4.22. The molecule has 0 bridgehead atoms. The number of pyridine rings is 1. The Labute approximate surface area is 127 Å². The number of hydrogen-bond donors (Lipinski definition) is 1. The lowest BCUT2D eigenvalue weighted by Gasteiger charge is -2.33. The summed E-state index contributed by atoms with van der Waals surface area (Å²) in [6.07, 6.45) is 7.51. The molecule has 1 N–H and O–H groups in total. The summed E-state index contributed by atoms with van der Waals surface area (Å²) in [6, 6.07) is 3.04. The van der Waals surface area contributed by atoms with E-state index in [0.717, 1.165) is 12.8 Å². The number of hydrogen-bond acceptors (Lipinski definition) is 5. The third-order valence-electron chi connectivity index (χ3n) is 3.66. The molecule has 0 aliphatic carbocycles. The molecule has 6 nitrogen and oxygen atoms in total. The lowest BCUT2D eigenvalue weighted by atomic mass is 10.0. The fourth-order valence-corrected chi connectivity index (χ4v) is 2.52. The maximum atomic E-state index is 13.7. The normalized spacial score (nSPS) is 15.6. The van der Waals surface area contributed by atoms with Crippen LogP contribution < -0.4 is 10.2 Å². The number of nitrogens with one attached hydrogen (secondary N) is 1. The first-order valence-corrected chi connectivity index (χ1v) is 7.16. The summed E-state index contributed by atoms with van der Waals surface area (Å²) >= 11 is 0. The van der Waals surface area contributed by atoms with Crippen molar-refractivity contribution >= 4 is 11.7 Å². The second-order valence-electron chi connectivity index (χ2n) is 5.13. The third-order valence-corrected chi connectivity index (χ3v) is 3.66. The van der Waals surface area contributed by atoms with Crippen LogP contribution in [0.1, 0.15) is 23.3 Å². The van der Waals surface area contributed by atoms with E-state index in [2.05, 4.69) is 20.3 Å². The molecular weight excluding hydrogens is 285 g/mol. The van der Waals surface area contributed by atoms with Gasteiger partial charge in [0.1, 0.15) is 5.69 Å². The molecule has 3 rings (SSSR count). The number of carbonyl (C=O) groups is 1. The van der Waals surface area contributed by atoms with Crippen molar-refractivity contribution in [1.82, 2.24) is 20.3 Å². The zero-order chi connectivity index (χ0) is 15.4. The Bertz CT molecular complexity index is 643. The van der Waals surface area contributed by atoms with Crippen LogP contribution >= 0.6 is 0 Å².